The van der Waals surface area contributed by atoms with E-state index in [9.17, 15) is 13.2 Å². The molecule has 4 rings (SSSR count). The molecule has 154 valence electrons. The van der Waals surface area contributed by atoms with Crippen molar-refractivity contribution in [1.82, 2.24) is 0 Å². The Morgan fingerprint density at radius 2 is 1.73 bits per heavy atom. The summed E-state index contributed by atoms with van der Waals surface area (Å²) in [5, 5.41) is 9.50. The lowest BCUT2D eigenvalue weighted by Crippen LogP contribution is -2.55. The molecular weight excluding hydrogens is 409 g/mol. The molecular formula is C22H19F3N4S. The molecule has 1 heterocycles. The summed E-state index contributed by atoms with van der Waals surface area (Å²) in [6.07, 6.45) is -2.03. The summed E-state index contributed by atoms with van der Waals surface area (Å²) in [5.74, 6) is 0.636. The van der Waals surface area contributed by atoms with Crippen molar-refractivity contribution in [2.45, 2.75) is 37.9 Å². The first-order chi connectivity index (χ1) is 14.2. The first-order valence-corrected chi connectivity index (χ1v) is 9.93. The number of nitriles is 1. The highest BCUT2D eigenvalue weighted by atomic mass is 32.1. The summed E-state index contributed by atoms with van der Waals surface area (Å²) in [6.45, 7) is 1.99. The monoisotopic (exact) mass is 428 g/mol. The molecule has 1 saturated heterocycles. The van der Waals surface area contributed by atoms with Gasteiger partial charge in [-0.2, -0.15) is 18.4 Å². The Balaban J connectivity index is 1.86. The zero-order valence-electron chi connectivity index (χ0n) is 16.5. The number of alkyl halides is 3. The lowest BCUT2D eigenvalue weighted by Gasteiger charge is -2.44. The van der Waals surface area contributed by atoms with Crippen LogP contribution in [-0.4, -0.2) is 23.5 Å². The van der Waals surface area contributed by atoms with E-state index in [1.165, 1.54) is 12.1 Å². The van der Waals surface area contributed by atoms with E-state index in [2.05, 4.69) is 4.99 Å². The van der Waals surface area contributed by atoms with Crippen LogP contribution in [-0.2, 0) is 6.18 Å². The number of nitrogens with zero attached hydrogens (tertiary/aromatic N) is 4. The molecule has 2 fully saturated rings. The third-order valence-corrected chi connectivity index (χ3v) is 6.18. The van der Waals surface area contributed by atoms with Crippen LogP contribution in [0.4, 0.5) is 24.5 Å². The van der Waals surface area contributed by atoms with Crippen molar-refractivity contribution in [3.8, 4) is 6.07 Å². The van der Waals surface area contributed by atoms with Gasteiger partial charge in [-0.15, -0.1) is 0 Å². The first kappa shape index (κ1) is 20.4. The SMILES string of the molecule is CN=C1N(c2ccc(C#N)c(C(F)(F)F)c2)C(=S)N(c2ccc(C)cc2)C12CCC2. The summed E-state index contributed by atoms with van der Waals surface area (Å²) >= 11 is 5.77. The second kappa shape index (κ2) is 7.10. The molecule has 2 aliphatic rings. The average molecular weight is 428 g/mol. The fourth-order valence-electron chi connectivity index (χ4n) is 4.24. The van der Waals surface area contributed by atoms with Crippen molar-refractivity contribution in [1.29, 1.82) is 5.26 Å². The van der Waals surface area contributed by atoms with E-state index in [0.717, 1.165) is 36.6 Å². The molecule has 0 unspecified atom stereocenters. The van der Waals surface area contributed by atoms with Gasteiger partial charge in [-0.3, -0.25) is 9.89 Å². The molecule has 30 heavy (non-hydrogen) atoms. The normalized spacial score (nSPS) is 19.3. The molecule has 4 nitrogen and oxygen atoms in total. The van der Waals surface area contributed by atoms with Crippen LogP contribution in [0.3, 0.4) is 0 Å². The number of anilines is 2. The van der Waals surface area contributed by atoms with E-state index in [4.69, 9.17) is 17.5 Å². The Hall–Kier alpha value is -2.92. The third-order valence-electron chi connectivity index (χ3n) is 5.81. The van der Waals surface area contributed by atoms with Gasteiger partial charge in [-0.05, 0) is 68.7 Å². The summed E-state index contributed by atoms with van der Waals surface area (Å²) in [5.41, 5.74) is 0.395. The van der Waals surface area contributed by atoms with Crippen LogP contribution in [0.1, 0.15) is 36.0 Å². The van der Waals surface area contributed by atoms with Gasteiger partial charge in [0.15, 0.2) is 5.11 Å². The predicted molar refractivity (Wildman–Crippen MR) is 115 cm³/mol. The van der Waals surface area contributed by atoms with E-state index in [1.807, 2.05) is 36.1 Å². The second-order valence-corrected chi connectivity index (χ2v) is 7.93. The minimum Gasteiger partial charge on any atom is -0.305 e. The zero-order valence-corrected chi connectivity index (χ0v) is 17.3. The van der Waals surface area contributed by atoms with Crippen LogP contribution in [0.2, 0.25) is 0 Å². The minimum atomic E-state index is -4.64. The highest BCUT2D eigenvalue weighted by molar-refractivity contribution is 7.81. The van der Waals surface area contributed by atoms with Gasteiger partial charge in [0.1, 0.15) is 11.4 Å². The number of hydrogen-bond donors (Lipinski definition) is 0. The van der Waals surface area contributed by atoms with Gasteiger partial charge in [0.25, 0.3) is 0 Å². The van der Waals surface area contributed by atoms with E-state index >= 15 is 0 Å². The quantitative estimate of drug-likeness (QED) is 0.597. The van der Waals surface area contributed by atoms with Crippen LogP contribution in [0.5, 0.6) is 0 Å². The molecule has 2 aromatic carbocycles. The first-order valence-electron chi connectivity index (χ1n) is 9.52. The van der Waals surface area contributed by atoms with Crippen molar-refractivity contribution in [3.05, 3.63) is 59.2 Å². The lowest BCUT2D eigenvalue weighted by molar-refractivity contribution is -0.137. The molecule has 0 N–H and O–H groups in total. The van der Waals surface area contributed by atoms with Crippen LogP contribution in [0.15, 0.2) is 47.5 Å². The van der Waals surface area contributed by atoms with Crippen LogP contribution < -0.4 is 9.80 Å². The minimum absolute atomic E-state index is 0.257. The highest BCUT2D eigenvalue weighted by Crippen LogP contribution is 2.49. The molecule has 0 bridgehead atoms. The smallest absolute Gasteiger partial charge is 0.305 e. The summed E-state index contributed by atoms with van der Waals surface area (Å²) in [7, 11) is 1.64. The number of rotatable bonds is 2. The maximum atomic E-state index is 13.5. The maximum absolute atomic E-state index is 13.5. The Morgan fingerprint density at radius 1 is 1.10 bits per heavy atom. The Labute approximate surface area is 178 Å². The van der Waals surface area contributed by atoms with E-state index < -0.39 is 22.8 Å². The highest BCUT2D eigenvalue weighted by Gasteiger charge is 2.57. The third kappa shape index (κ3) is 2.96. The Bertz CT molecular complexity index is 1080. The topological polar surface area (TPSA) is 42.6 Å². The number of halogens is 3. The maximum Gasteiger partial charge on any atom is 0.417 e. The van der Waals surface area contributed by atoms with Crippen molar-refractivity contribution in [2.75, 3.05) is 16.8 Å². The van der Waals surface area contributed by atoms with Crippen molar-refractivity contribution < 1.29 is 13.2 Å². The van der Waals surface area contributed by atoms with Gasteiger partial charge in [0.2, 0.25) is 0 Å². The number of aliphatic imine (C=N–C) groups is 1. The Kier molecular flexibility index (Phi) is 4.82. The number of thiocarbonyl (C=S) groups is 1. The zero-order chi connectivity index (χ0) is 21.7. The van der Waals surface area contributed by atoms with Gasteiger partial charge in [-0.25, -0.2) is 0 Å². The van der Waals surface area contributed by atoms with E-state index in [0.29, 0.717) is 10.9 Å². The van der Waals surface area contributed by atoms with E-state index in [-0.39, 0.29) is 5.69 Å². The van der Waals surface area contributed by atoms with Crippen LogP contribution in [0.25, 0.3) is 0 Å². The molecule has 1 spiro atoms. The van der Waals surface area contributed by atoms with Gasteiger partial charge in [-0.1, -0.05) is 17.7 Å². The largest absolute Gasteiger partial charge is 0.417 e. The molecule has 1 aliphatic heterocycles. The number of benzene rings is 2. The van der Waals surface area contributed by atoms with Crippen molar-refractivity contribution in [2.24, 2.45) is 4.99 Å². The molecule has 2 aromatic rings. The molecule has 8 heteroatoms. The number of aryl methyl sites for hydroxylation is 1. The molecule has 0 aromatic heterocycles. The summed E-state index contributed by atoms with van der Waals surface area (Å²) < 4.78 is 40.6. The van der Waals surface area contributed by atoms with Gasteiger partial charge in [0.05, 0.1) is 22.9 Å². The fourth-order valence-corrected chi connectivity index (χ4v) is 4.71. The number of hydrogen-bond acceptors (Lipinski definition) is 3. The standard InChI is InChI=1S/C22H19F3N4S/c1-14-4-7-16(8-5-14)29-20(30)28(19(27-2)21(29)10-3-11-21)17-9-6-15(13-26)18(12-17)22(23,24)25/h4-9,12H,3,10-11H2,1-2H3. The van der Waals surface area contributed by atoms with Gasteiger partial charge in [0, 0.05) is 12.7 Å². The summed E-state index contributed by atoms with van der Waals surface area (Å²) in [6, 6.07) is 13.2. The second-order valence-electron chi connectivity index (χ2n) is 7.56. The molecule has 0 atom stereocenters. The van der Waals surface area contributed by atoms with Crippen LogP contribution >= 0.6 is 12.2 Å². The predicted octanol–water partition coefficient (Wildman–Crippen LogP) is 5.45. The lowest BCUT2D eigenvalue weighted by atomic mass is 9.74. The fraction of sp³-hybridized carbons (Fsp3) is 0.318. The average Bonchev–Trinajstić information content (AvgIpc) is 2.96. The molecule has 1 aliphatic carbocycles. The number of amidine groups is 1. The van der Waals surface area contributed by atoms with Crippen molar-refractivity contribution >= 4 is 34.5 Å². The van der Waals surface area contributed by atoms with E-state index in [1.54, 1.807) is 18.0 Å². The Morgan fingerprint density at radius 3 is 2.23 bits per heavy atom. The summed E-state index contributed by atoms with van der Waals surface area (Å²) in [4.78, 5) is 8.09. The molecule has 1 saturated carbocycles. The molecule has 0 amide bonds. The van der Waals surface area contributed by atoms with Gasteiger partial charge >= 0.3 is 6.18 Å². The van der Waals surface area contributed by atoms with Gasteiger partial charge < -0.3 is 4.90 Å². The van der Waals surface area contributed by atoms with Crippen LogP contribution in [0, 0.1) is 18.3 Å². The molecule has 0 radical (unpaired) electrons. The van der Waals surface area contributed by atoms with Crippen molar-refractivity contribution in [3.63, 3.8) is 0 Å².